The fourth-order valence-corrected chi connectivity index (χ4v) is 4.24. The number of piperazine rings is 1. The maximum absolute atomic E-state index is 12.8. The van der Waals surface area contributed by atoms with Gasteiger partial charge in [0.25, 0.3) is 5.91 Å². The first-order valence-electron chi connectivity index (χ1n) is 13.3. The Morgan fingerprint density at radius 2 is 1.63 bits per heavy atom. The van der Waals surface area contributed by atoms with Gasteiger partial charge in [-0.1, -0.05) is 70.8 Å². The first-order valence-corrected chi connectivity index (χ1v) is 13.3. The fourth-order valence-electron chi connectivity index (χ4n) is 4.24. The lowest BCUT2D eigenvalue weighted by Crippen LogP contribution is -2.58. The molecule has 1 aromatic carbocycles. The van der Waals surface area contributed by atoms with Crippen molar-refractivity contribution in [3.8, 4) is 5.75 Å². The Bertz CT molecular complexity index is 811. The van der Waals surface area contributed by atoms with Gasteiger partial charge in [0.1, 0.15) is 11.8 Å². The van der Waals surface area contributed by atoms with Gasteiger partial charge in [-0.15, -0.1) is 0 Å². The molecule has 196 valence electrons. The number of amides is 2. The van der Waals surface area contributed by atoms with E-state index < -0.39 is 12.0 Å². The van der Waals surface area contributed by atoms with E-state index in [0.717, 1.165) is 30.4 Å². The summed E-state index contributed by atoms with van der Waals surface area (Å²) in [4.78, 5) is 39.0. The van der Waals surface area contributed by atoms with E-state index in [1.807, 2.05) is 32.0 Å². The smallest absolute Gasteiger partial charge is 0.308 e. The normalized spacial score (nSPS) is 15.6. The molecule has 0 bridgehead atoms. The molecule has 0 aromatic heterocycles. The third kappa shape index (κ3) is 10.7. The van der Waals surface area contributed by atoms with E-state index in [1.165, 1.54) is 49.8 Å². The van der Waals surface area contributed by atoms with Gasteiger partial charge in [-0.05, 0) is 43.5 Å². The molecule has 1 aliphatic heterocycles. The Balaban J connectivity index is 1.67. The largest absolute Gasteiger partial charge is 0.484 e. The zero-order valence-electron chi connectivity index (χ0n) is 21.9. The lowest BCUT2D eigenvalue weighted by Gasteiger charge is -2.34. The third-order valence-electron chi connectivity index (χ3n) is 6.61. The number of aryl methyl sites for hydroxylation is 2. The van der Waals surface area contributed by atoms with Crippen LogP contribution in [0.15, 0.2) is 18.2 Å². The Labute approximate surface area is 210 Å². The number of carbonyl (C=O) groups excluding carboxylic acids is 3. The van der Waals surface area contributed by atoms with Crippen molar-refractivity contribution in [3.05, 3.63) is 29.3 Å². The second-order valence-electron chi connectivity index (χ2n) is 9.54. The number of benzene rings is 1. The summed E-state index contributed by atoms with van der Waals surface area (Å²) in [5.74, 6) is -0.483. The second-order valence-corrected chi connectivity index (χ2v) is 9.54. The number of nitrogens with one attached hydrogen (secondary N) is 1. The summed E-state index contributed by atoms with van der Waals surface area (Å²) in [7, 11) is 0. The van der Waals surface area contributed by atoms with Crippen LogP contribution in [0.5, 0.6) is 5.75 Å². The summed E-state index contributed by atoms with van der Waals surface area (Å²) >= 11 is 0. The maximum atomic E-state index is 12.8. The maximum Gasteiger partial charge on any atom is 0.308 e. The molecule has 1 N–H and O–H groups in total. The predicted molar refractivity (Wildman–Crippen MR) is 137 cm³/mol. The number of hydrogen-bond donors (Lipinski definition) is 1. The number of ether oxygens (including phenoxy) is 2. The van der Waals surface area contributed by atoms with Crippen molar-refractivity contribution >= 4 is 17.8 Å². The average molecular weight is 489 g/mol. The van der Waals surface area contributed by atoms with Gasteiger partial charge in [-0.2, -0.15) is 0 Å². The minimum Gasteiger partial charge on any atom is -0.484 e. The highest BCUT2D eigenvalue weighted by Crippen LogP contribution is 2.17. The average Bonchev–Trinajstić information content (AvgIpc) is 2.84. The predicted octanol–water partition coefficient (Wildman–Crippen LogP) is 4.86. The van der Waals surface area contributed by atoms with Gasteiger partial charge in [-0.3, -0.25) is 14.4 Å². The van der Waals surface area contributed by atoms with E-state index >= 15 is 0 Å². The molecular formula is C28H44N2O5. The number of nitrogens with zero attached hydrogens (tertiary/aromatic N) is 1. The zero-order valence-corrected chi connectivity index (χ0v) is 21.9. The quantitative estimate of drug-likeness (QED) is 0.265. The van der Waals surface area contributed by atoms with Crippen LogP contribution in [0.3, 0.4) is 0 Å². The van der Waals surface area contributed by atoms with Crippen LogP contribution in [-0.2, 0) is 19.1 Å². The minimum atomic E-state index is -0.861. The molecule has 2 amide bonds. The first kappa shape index (κ1) is 28.7. The lowest BCUT2D eigenvalue weighted by atomic mass is 10.1. The van der Waals surface area contributed by atoms with Crippen LogP contribution in [0.1, 0.15) is 88.7 Å². The summed E-state index contributed by atoms with van der Waals surface area (Å²) in [6.07, 6.45) is 12.0. The van der Waals surface area contributed by atoms with Crippen molar-refractivity contribution in [2.75, 3.05) is 26.3 Å². The Kier molecular flexibility index (Phi) is 13.2. The van der Waals surface area contributed by atoms with E-state index in [0.29, 0.717) is 25.4 Å². The van der Waals surface area contributed by atoms with Crippen molar-refractivity contribution in [1.82, 2.24) is 10.2 Å². The molecule has 1 heterocycles. The SMILES string of the molecule is CCCCCCCCCCCCOC(=O)CC1C(=O)NCCN1C(=O)COc1ccc(C)c(C)c1. The van der Waals surface area contributed by atoms with Crippen LogP contribution in [0.25, 0.3) is 0 Å². The molecule has 0 radical (unpaired) electrons. The second kappa shape index (κ2) is 16.2. The monoisotopic (exact) mass is 488 g/mol. The van der Waals surface area contributed by atoms with Crippen LogP contribution < -0.4 is 10.1 Å². The van der Waals surface area contributed by atoms with Gasteiger partial charge >= 0.3 is 5.97 Å². The highest BCUT2D eigenvalue weighted by Gasteiger charge is 2.35. The molecule has 7 nitrogen and oxygen atoms in total. The molecule has 1 unspecified atom stereocenters. The molecule has 0 spiro atoms. The lowest BCUT2D eigenvalue weighted by molar-refractivity contribution is -0.152. The minimum absolute atomic E-state index is 0.140. The molecular weight excluding hydrogens is 444 g/mol. The molecule has 1 atom stereocenters. The summed E-state index contributed by atoms with van der Waals surface area (Å²) in [5, 5.41) is 2.74. The Morgan fingerprint density at radius 3 is 2.29 bits per heavy atom. The molecule has 0 aliphatic carbocycles. The van der Waals surface area contributed by atoms with Crippen molar-refractivity contribution in [3.63, 3.8) is 0 Å². The van der Waals surface area contributed by atoms with Gasteiger partial charge in [0.15, 0.2) is 6.61 Å². The Hall–Kier alpha value is -2.57. The number of rotatable bonds is 16. The highest BCUT2D eigenvalue weighted by atomic mass is 16.5. The molecule has 1 aliphatic rings. The van der Waals surface area contributed by atoms with Gasteiger partial charge in [0, 0.05) is 13.1 Å². The van der Waals surface area contributed by atoms with Gasteiger partial charge in [-0.25, -0.2) is 0 Å². The standard InChI is InChI=1S/C28H44N2O5/c1-4-5-6-7-8-9-10-11-12-13-18-34-27(32)20-25-28(33)29-16-17-30(25)26(31)21-35-24-15-14-22(2)23(3)19-24/h14-15,19,25H,4-13,16-18,20-21H2,1-3H3,(H,29,33). The van der Waals surface area contributed by atoms with E-state index in [2.05, 4.69) is 12.2 Å². The third-order valence-corrected chi connectivity index (χ3v) is 6.61. The summed E-state index contributed by atoms with van der Waals surface area (Å²) in [6, 6.07) is 4.78. The van der Waals surface area contributed by atoms with Crippen molar-refractivity contribution in [2.45, 2.75) is 97.4 Å². The number of esters is 1. The van der Waals surface area contributed by atoms with Gasteiger partial charge < -0.3 is 19.7 Å². The Morgan fingerprint density at radius 1 is 0.971 bits per heavy atom. The molecule has 35 heavy (non-hydrogen) atoms. The fraction of sp³-hybridized carbons (Fsp3) is 0.679. The van der Waals surface area contributed by atoms with E-state index in [1.54, 1.807) is 0 Å². The van der Waals surface area contributed by atoms with Crippen molar-refractivity contribution in [2.24, 2.45) is 0 Å². The van der Waals surface area contributed by atoms with Gasteiger partial charge in [0.05, 0.1) is 13.0 Å². The highest BCUT2D eigenvalue weighted by molar-refractivity contribution is 5.92. The van der Waals surface area contributed by atoms with Crippen LogP contribution in [-0.4, -0.2) is 55.0 Å². The van der Waals surface area contributed by atoms with Crippen LogP contribution in [0, 0.1) is 13.8 Å². The first-order chi connectivity index (χ1) is 16.9. The molecule has 2 rings (SSSR count). The molecule has 0 saturated carbocycles. The number of hydrogen-bond acceptors (Lipinski definition) is 5. The van der Waals surface area contributed by atoms with E-state index in [4.69, 9.17) is 9.47 Å². The van der Waals surface area contributed by atoms with Gasteiger partial charge in [0.2, 0.25) is 5.91 Å². The van der Waals surface area contributed by atoms with Crippen LogP contribution in [0.2, 0.25) is 0 Å². The molecule has 1 aromatic rings. The van der Waals surface area contributed by atoms with Crippen molar-refractivity contribution < 1.29 is 23.9 Å². The van der Waals surface area contributed by atoms with Crippen LogP contribution in [0.4, 0.5) is 0 Å². The summed E-state index contributed by atoms with van der Waals surface area (Å²) in [6.45, 7) is 7.10. The molecule has 1 saturated heterocycles. The summed E-state index contributed by atoms with van der Waals surface area (Å²) < 4.78 is 11.0. The van der Waals surface area contributed by atoms with Crippen molar-refractivity contribution in [1.29, 1.82) is 0 Å². The van der Waals surface area contributed by atoms with Crippen LogP contribution >= 0.6 is 0 Å². The number of unbranched alkanes of at least 4 members (excludes halogenated alkanes) is 9. The zero-order chi connectivity index (χ0) is 25.5. The topological polar surface area (TPSA) is 84.9 Å². The van der Waals surface area contributed by atoms with E-state index in [-0.39, 0.29) is 24.8 Å². The number of carbonyl (C=O) groups is 3. The molecule has 7 heteroatoms. The molecule has 1 fully saturated rings. The summed E-state index contributed by atoms with van der Waals surface area (Å²) in [5.41, 5.74) is 2.23. The van der Waals surface area contributed by atoms with E-state index in [9.17, 15) is 14.4 Å².